The van der Waals surface area contributed by atoms with Gasteiger partial charge in [0.2, 0.25) is 0 Å². The van der Waals surface area contributed by atoms with E-state index in [4.69, 9.17) is 5.11 Å². The Morgan fingerprint density at radius 3 is 2.40 bits per heavy atom. The third-order valence-corrected chi connectivity index (χ3v) is 3.49. The van der Waals surface area contributed by atoms with Crippen molar-refractivity contribution < 1.29 is 9.90 Å². The van der Waals surface area contributed by atoms with Crippen LogP contribution in [0.15, 0.2) is 42.5 Å². The second-order valence-electron chi connectivity index (χ2n) is 5.06. The molecule has 0 heterocycles. The molecule has 0 radical (unpaired) electrons. The maximum absolute atomic E-state index is 11.0. The van der Waals surface area contributed by atoms with Crippen molar-refractivity contribution in [3.8, 4) is 0 Å². The molecule has 104 valence electrons. The number of carbonyl (C=O) groups is 1. The number of hydrogen-bond acceptors (Lipinski definition) is 2. The van der Waals surface area contributed by atoms with Crippen molar-refractivity contribution in [2.45, 2.75) is 26.8 Å². The molecule has 0 aliphatic heterocycles. The number of benzene rings is 2. The topological polar surface area (TPSA) is 49.3 Å². The summed E-state index contributed by atoms with van der Waals surface area (Å²) in [6.07, 6.45) is 0. The molecule has 0 fully saturated rings. The van der Waals surface area contributed by atoms with Crippen LogP contribution < -0.4 is 5.32 Å². The molecule has 0 bridgehead atoms. The van der Waals surface area contributed by atoms with E-state index in [1.165, 1.54) is 11.1 Å². The predicted molar refractivity (Wildman–Crippen MR) is 81.4 cm³/mol. The molecule has 2 rings (SSSR count). The zero-order valence-corrected chi connectivity index (χ0v) is 12.0. The number of rotatable bonds is 4. The van der Waals surface area contributed by atoms with Crippen molar-refractivity contribution in [3.63, 3.8) is 0 Å². The van der Waals surface area contributed by atoms with Gasteiger partial charge >= 0.3 is 5.97 Å². The Morgan fingerprint density at radius 1 is 1.10 bits per heavy atom. The molecular weight excluding hydrogens is 250 g/mol. The van der Waals surface area contributed by atoms with Crippen molar-refractivity contribution in [1.29, 1.82) is 0 Å². The number of aryl methyl sites for hydroxylation is 2. The van der Waals surface area contributed by atoms with Crippen LogP contribution in [-0.4, -0.2) is 11.1 Å². The second kappa shape index (κ2) is 5.78. The number of nitrogens with one attached hydrogen (secondary N) is 1. The van der Waals surface area contributed by atoms with Gasteiger partial charge in [0.1, 0.15) is 0 Å². The Bertz CT molecular complexity index is 635. The number of carboxylic acids is 1. The van der Waals surface area contributed by atoms with Crippen LogP contribution in [0.3, 0.4) is 0 Å². The lowest BCUT2D eigenvalue weighted by molar-refractivity contribution is 0.0696. The van der Waals surface area contributed by atoms with Gasteiger partial charge in [0.15, 0.2) is 0 Å². The first kappa shape index (κ1) is 14.1. The lowest BCUT2D eigenvalue weighted by atomic mass is 10.0. The number of anilines is 1. The van der Waals surface area contributed by atoms with Gasteiger partial charge in [-0.1, -0.05) is 24.3 Å². The molecule has 3 heteroatoms. The van der Waals surface area contributed by atoms with E-state index in [1.807, 2.05) is 31.2 Å². The van der Waals surface area contributed by atoms with E-state index in [2.05, 4.69) is 31.3 Å². The molecule has 0 amide bonds. The molecule has 0 aliphatic carbocycles. The Balaban J connectivity index is 2.20. The first-order valence-corrected chi connectivity index (χ1v) is 6.65. The standard InChI is InChI=1S/C17H19NO2/c1-11-6-4-5-7-15(11)13(3)18-14-8-9-16(17(19)20)12(2)10-14/h4-10,13,18H,1-3H3,(H,19,20). The van der Waals surface area contributed by atoms with E-state index in [0.29, 0.717) is 5.56 Å². The lowest BCUT2D eigenvalue weighted by Gasteiger charge is -2.18. The molecule has 1 unspecified atom stereocenters. The van der Waals surface area contributed by atoms with Crippen LogP contribution in [-0.2, 0) is 0 Å². The minimum absolute atomic E-state index is 0.172. The SMILES string of the molecule is Cc1cc(NC(C)c2ccccc2C)ccc1C(=O)O. The van der Waals surface area contributed by atoms with Crippen molar-refractivity contribution in [3.05, 3.63) is 64.7 Å². The van der Waals surface area contributed by atoms with E-state index in [0.717, 1.165) is 11.3 Å². The zero-order chi connectivity index (χ0) is 14.7. The normalized spacial score (nSPS) is 11.9. The summed E-state index contributed by atoms with van der Waals surface area (Å²) in [5, 5.41) is 12.4. The zero-order valence-electron chi connectivity index (χ0n) is 12.0. The minimum Gasteiger partial charge on any atom is -0.478 e. The van der Waals surface area contributed by atoms with E-state index < -0.39 is 5.97 Å². The van der Waals surface area contributed by atoms with Crippen molar-refractivity contribution in [2.24, 2.45) is 0 Å². The molecule has 1 atom stereocenters. The van der Waals surface area contributed by atoms with Gasteiger partial charge in [-0.05, 0) is 55.7 Å². The average Bonchev–Trinajstić information content (AvgIpc) is 2.38. The van der Waals surface area contributed by atoms with Crippen LogP contribution in [0.5, 0.6) is 0 Å². The molecule has 20 heavy (non-hydrogen) atoms. The molecule has 0 aromatic heterocycles. The fourth-order valence-corrected chi connectivity index (χ4v) is 2.39. The third-order valence-electron chi connectivity index (χ3n) is 3.49. The highest BCUT2D eigenvalue weighted by Crippen LogP contribution is 2.23. The average molecular weight is 269 g/mol. The summed E-state index contributed by atoms with van der Waals surface area (Å²) in [5.74, 6) is -0.888. The van der Waals surface area contributed by atoms with Crippen LogP contribution in [0.2, 0.25) is 0 Å². The summed E-state index contributed by atoms with van der Waals surface area (Å²) in [6, 6.07) is 13.7. The smallest absolute Gasteiger partial charge is 0.335 e. The molecule has 0 aliphatic rings. The molecule has 0 saturated carbocycles. The monoisotopic (exact) mass is 269 g/mol. The predicted octanol–water partition coefficient (Wildman–Crippen LogP) is 4.17. The van der Waals surface area contributed by atoms with Gasteiger partial charge < -0.3 is 10.4 Å². The Hall–Kier alpha value is -2.29. The first-order chi connectivity index (χ1) is 9.49. The highest BCUT2D eigenvalue weighted by atomic mass is 16.4. The Labute approximate surface area is 119 Å². The molecule has 0 spiro atoms. The van der Waals surface area contributed by atoms with Crippen molar-refractivity contribution >= 4 is 11.7 Å². The second-order valence-corrected chi connectivity index (χ2v) is 5.06. The lowest BCUT2D eigenvalue weighted by Crippen LogP contribution is -2.09. The van der Waals surface area contributed by atoms with Gasteiger partial charge in [0, 0.05) is 11.7 Å². The minimum atomic E-state index is -0.888. The summed E-state index contributed by atoms with van der Waals surface area (Å²) >= 11 is 0. The molecule has 3 nitrogen and oxygen atoms in total. The Kier molecular flexibility index (Phi) is 4.08. The van der Waals surface area contributed by atoms with Gasteiger partial charge in [-0.3, -0.25) is 0 Å². The van der Waals surface area contributed by atoms with E-state index >= 15 is 0 Å². The van der Waals surface area contributed by atoms with Crippen LogP contribution >= 0.6 is 0 Å². The highest BCUT2D eigenvalue weighted by Gasteiger charge is 2.10. The largest absolute Gasteiger partial charge is 0.478 e. The van der Waals surface area contributed by atoms with Gasteiger partial charge in [-0.2, -0.15) is 0 Å². The maximum Gasteiger partial charge on any atom is 0.335 e. The van der Waals surface area contributed by atoms with Crippen LogP contribution in [0, 0.1) is 13.8 Å². The van der Waals surface area contributed by atoms with Crippen LogP contribution in [0.4, 0.5) is 5.69 Å². The summed E-state index contributed by atoms with van der Waals surface area (Å²) in [7, 11) is 0. The quantitative estimate of drug-likeness (QED) is 0.875. The Morgan fingerprint density at radius 2 is 1.80 bits per heavy atom. The van der Waals surface area contributed by atoms with E-state index in [1.54, 1.807) is 6.07 Å². The van der Waals surface area contributed by atoms with E-state index in [9.17, 15) is 4.79 Å². The molecule has 0 saturated heterocycles. The van der Waals surface area contributed by atoms with Crippen LogP contribution in [0.1, 0.15) is 40.0 Å². The van der Waals surface area contributed by atoms with Gasteiger partial charge in [-0.25, -0.2) is 4.79 Å². The third kappa shape index (κ3) is 2.99. The number of aromatic carboxylic acids is 1. The summed E-state index contributed by atoms with van der Waals surface area (Å²) in [5.41, 5.74) is 4.53. The van der Waals surface area contributed by atoms with Crippen molar-refractivity contribution in [1.82, 2.24) is 0 Å². The number of hydrogen-bond donors (Lipinski definition) is 2. The highest BCUT2D eigenvalue weighted by molar-refractivity contribution is 5.89. The first-order valence-electron chi connectivity index (χ1n) is 6.65. The molecule has 2 aromatic rings. The summed E-state index contributed by atoms with van der Waals surface area (Å²) in [4.78, 5) is 11.0. The van der Waals surface area contributed by atoms with Crippen LogP contribution in [0.25, 0.3) is 0 Å². The summed E-state index contributed by atoms with van der Waals surface area (Å²) < 4.78 is 0. The fraction of sp³-hybridized carbons (Fsp3) is 0.235. The fourth-order valence-electron chi connectivity index (χ4n) is 2.39. The summed E-state index contributed by atoms with van der Waals surface area (Å²) in [6.45, 7) is 6.00. The van der Waals surface area contributed by atoms with Gasteiger partial charge in [0.05, 0.1) is 5.56 Å². The van der Waals surface area contributed by atoms with E-state index in [-0.39, 0.29) is 6.04 Å². The van der Waals surface area contributed by atoms with Gasteiger partial charge in [-0.15, -0.1) is 0 Å². The molecule has 2 aromatic carbocycles. The molecule has 2 N–H and O–H groups in total. The molecular formula is C17H19NO2. The number of carboxylic acid groups (broad SMARTS) is 1. The maximum atomic E-state index is 11.0. The van der Waals surface area contributed by atoms with Gasteiger partial charge in [0.25, 0.3) is 0 Å². The van der Waals surface area contributed by atoms with Crippen molar-refractivity contribution in [2.75, 3.05) is 5.32 Å².